The van der Waals surface area contributed by atoms with E-state index >= 15 is 0 Å². The van der Waals surface area contributed by atoms with Gasteiger partial charge in [-0.3, -0.25) is 4.99 Å². The smallest absolute Gasteiger partial charge is 0.191 e. The summed E-state index contributed by atoms with van der Waals surface area (Å²) in [6.07, 6.45) is 0.517. The van der Waals surface area contributed by atoms with Crippen LogP contribution < -0.4 is 10.6 Å². The summed E-state index contributed by atoms with van der Waals surface area (Å²) in [4.78, 5) is 4.51. The lowest BCUT2D eigenvalue weighted by Gasteiger charge is -2.12. The zero-order valence-corrected chi connectivity index (χ0v) is 14.6. The van der Waals surface area contributed by atoms with Gasteiger partial charge in [-0.2, -0.15) is 0 Å². The van der Waals surface area contributed by atoms with E-state index in [9.17, 15) is 8.42 Å². The Hall–Kier alpha value is -2.34. The van der Waals surface area contributed by atoms with Crippen molar-refractivity contribution in [1.29, 1.82) is 0 Å². The Morgan fingerprint density at radius 1 is 0.958 bits per heavy atom. The second kappa shape index (κ2) is 9.08. The van der Waals surface area contributed by atoms with Crippen LogP contribution in [-0.2, 0) is 16.4 Å². The Labute approximate surface area is 143 Å². The van der Waals surface area contributed by atoms with Crippen LogP contribution in [0.5, 0.6) is 0 Å². The lowest BCUT2D eigenvalue weighted by atomic mass is 10.2. The van der Waals surface area contributed by atoms with Gasteiger partial charge >= 0.3 is 0 Å². The molecule has 5 nitrogen and oxygen atoms in total. The van der Waals surface area contributed by atoms with E-state index in [-0.39, 0.29) is 5.75 Å². The second-order valence-electron chi connectivity index (χ2n) is 5.32. The van der Waals surface area contributed by atoms with Gasteiger partial charge in [0.1, 0.15) is 0 Å². The van der Waals surface area contributed by atoms with Gasteiger partial charge in [0.25, 0.3) is 0 Å². The summed E-state index contributed by atoms with van der Waals surface area (Å²) >= 11 is 0. The van der Waals surface area contributed by atoms with Crippen LogP contribution in [0.4, 0.5) is 0 Å². The maximum Gasteiger partial charge on any atom is 0.191 e. The molecule has 0 heterocycles. The molecule has 0 atom stereocenters. The number of hydrogen-bond acceptors (Lipinski definition) is 3. The van der Waals surface area contributed by atoms with E-state index in [1.54, 1.807) is 31.3 Å². The average molecular weight is 345 g/mol. The maximum atomic E-state index is 12.2. The van der Waals surface area contributed by atoms with Crippen molar-refractivity contribution >= 4 is 15.8 Å². The molecule has 0 aromatic heterocycles. The van der Waals surface area contributed by atoms with E-state index in [1.165, 1.54) is 0 Å². The van der Waals surface area contributed by atoms with Crippen LogP contribution >= 0.6 is 0 Å². The minimum Gasteiger partial charge on any atom is -0.356 e. The fourth-order valence-electron chi connectivity index (χ4n) is 2.22. The van der Waals surface area contributed by atoms with Crippen molar-refractivity contribution in [3.8, 4) is 0 Å². The molecular formula is C18H23N3O2S. The largest absolute Gasteiger partial charge is 0.356 e. The van der Waals surface area contributed by atoms with Crippen molar-refractivity contribution in [2.45, 2.75) is 17.9 Å². The van der Waals surface area contributed by atoms with E-state index in [0.29, 0.717) is 30.4 Å². The van der Waals surface area contributed by atoms with Gasteiger partial charge in [0.05, 0.1) is 10.6 Å². The Morgan fingerprint density at radius 3 is 2.21 bits per heavy atom. The molecule has 2 N–H and O–H groups in total. The summed E-state index contributed by atoms with van der Waals surface area (Å²) in [6.45, 7) is 1.21. The number of aliphatic imine (C=N–C) groups is 1. The molecule has 6 heteroatoms. The van der Waals surface area contributed by atoms with Crippen LogP contribution in [0.15, 0.2) is 70.6 Å². The molecule has 2 rings (SSSR count). The molecule has 0 fully saturated rings. The van der Waals surface area contributed by atoms with Gasteiger partial charge in [-0.1, -0.05) is 48.5 Å². The van der Waals surface area contributed by atoms with Crippen LogP contribution in [0.3, 0.4) is 0 Å². The SMILES string of the molecule is CN=C(NCCCS(=O)(=O)c1ccccc1)NCc1ccccc1. The zero-order chi connectivity index (χ0) is 17.3. The fourth-order valence-corrected chi connectivity index (χ4v) is 3.55. The van der Waals surface area contributed by atoms with E-state index in [2.05, 4.69) is 15.6 Å². The lowest BCUT2D eigenvalue weighted by Crippen LogP contribution is -2.37. The summed E-state index contributed by atoms with van der Waals surface area (Å²) in [5.41, 5.74) is 1.16. The van der Waals surface area contributed by atoms with Crippen molar-refractivity contribution in [3.63, 3.8) is 0 Å². The van der Waals surface area contributed by atoms with Crippen molar-refractivity contribution in [1.82, 2.24) is 10.6 Å². The van der Waals surface area contributed by atoms with Crippen LogP contribution in [0.2, 0.25) is 0 Å². The Morgan fingerprint density at radius 2 is 1.58 bits per heavy atom. The average Bonchev–Trinajstić information content (AvgIpc) is 2.63. The first-order chi connectivity index (χ1) is 11.6. The first-order valence-corrected chi connectivity index (χ1v) is 9.53. The predicted molar refractivity (Wildman–Crippen MR) is 97.8 cm³/mol. The highest BCUT2D eigenvalue weighted by Crippen LogP contribution is 2.10. The maximum absolute atomic E-state index is 12.2. The van der Waals surface area contributed by atoms with Crippen LogP contribution in [0.25, 0.3) is 0 Å². The lowest BCUT2D eigenvalue weighted by molar-refractivity contribution is 0.592. The highest BCUT2D eigenvalue weighted by molar-refractivity contribution is 7.91. The molecule has 0 amide bonds. The molecule has 128 valence electrons. The summed E-state index contributed by atoms with van der Waals surface area (Å²) in [6, 6.07) is 18.6. The third kappa shape index (κ3) is 5.70. The van der Waals surface area contributed by atoms with Crippen LogP contribution in [0.1, 0.15) is 12.0 Å². The van der Waals surface area contributed by atoms with Gasteiger partial charge in [-0.25, -0.2) is 8.42 Å². The molecular weight excluding hydrogens is 322 g/mol. The fraction of sp³-hybridized carbons (Fsp3) is 0.278. The normalized spacial score (nSPS) is 12.0. The standard InChI is InChI=1S/C18H23N3O2S/c1-19-18(21-15-16-9-4-2-5-10-16)20-13-8-14-24(22,23)17-11-6-3-7-12-17/h2-7,9-12H,8,13-15H2,1H3,(H2,19,20,21). The summed E-state index contributed by atoms with van der Waals surface area (Å²) < 4.78 is 24.4. The van der Waals surface area contributed by atoms with Gasteiger partial charge in [0.15, 0.2) is 15.8 Å². The van der Waals surface area contributed by atoms with Crippen molar-refractivity contribution in [2.24, 2.45) is 4.99 Å². The Bertz CT molecular complexity index is 744. The van der Waals surface area contributed by atoms with Crippen molar-refractivity contribution in [3.05, 3.63) is 66.2 Å². The molecule has 0 unspecified atom stereocenters. The number of nitrogens with zero attached hydrogens (tertiary/aromatic N) is 1. The molecule has 0 radical (unpaired) electrons. The molecule has 0 saturated carbocycles. The topological polar surface area (TPSA) is 70.6 Å². The number of sulfone groups is 1. The molecule has 0 spiro atoms. The molecule has 0 aliphatic carbocycles. The number of guanidine groups is 1. The van der Waals surface area contributed by atoms with E-state index in [1.807, 2.05) is 36.4 Å². The summed E-state index contributed by atoms with van der Waals surface area (Å²) in [5.74, 6) is 0.774. The third-order valence-electron chi connectivity index (χ3n) is 3.51. The van der Waals surface area contributed by atoms with E-state index in [0.717, 1.165) is 5.56 Å². The molecule has 0 aliphatic rings. The predicted octanol–water partition coefficient (Wildman–Crippen LogP) is 2.22. The summed E-state index contributed by atoms with van der Waals surface area (Å²) in [7, 11) is -1.53. The quantitative estimate of drug-likeness (QED) is 0.459. The minimum absolute atomic E-state index is 0.111. The monoisotopic (exact) mass is 345 g/mol. The highest BCUT2D eigenvalue weighted by Gasteiger charge is 2.13. The number of nitrogens with one attached hydrogen (secondary N) is 2. The third-order valence-corrected chi connectivity index (χ3v) is 5.33. The Kier molecular flexibility index (Phi) is 6.81. The Balaban J connectivity index is 1.74. The van der Waals surface area contributed by atoms with Gasteiger partial charge < -0.3 is 10.6 Å². The molecule has 0 aliphatic heterocycles. The van der Waals surface area contributed by atoms with E-state index < -0.39 is 9.84 Å². The molecule has 2 aromatic rings. The first-order valence-electron chi connectivity index (χ1n) is 7.88. The number of rotatable bonds is 7. The van der Waals surface area contributed by atoms with Crippen molar-refractivity contribution < 1.29 is 8.42 Å². The minimum atomic E-state index is -3.22. The van der Waals surface area contributed by atoms with Crippen LogP contribution in [-0.4, -0.2) is 33.7 Å². The highest BCUT2D eigenvalue weighted by atomic mass is 32.2. The van der Waals surface area contributed by atoms with Crippen molar-refractivity contribution in [2.75, 3.05) is 19.3 Å². The number of benzene rings is 2. The molecule has 24 heavy (non-hydrogen) atoms. The first kappa shape index (κ1) is 18.0. The molecule has 2 aromatic carbocycles. The van der Waals surface area contributed by atoms with Gasteiger partial charge in [-0.05, 0) is 24.1 Å². The van der Waals surface area contributed by atoms with Gasteiger partial charge in [-0.15, -0.1) is 0 Å². The summed E-state index contributed by atoms with van der Waals surface area (Å²) in [5, 5.41) is 6.34. The zero-order valence-electron chi connectivity index (χ0n) is 13.8. The van der Waals surface area contributed by atoms with Gasteiger partial charge in [0.2, 0.25) is 0 Å². The number of hydrogen-bond donors (Lipinski definition) is 2. The second-order valence-corrected chi connectivity index (χ2v) is 7.43. The van der Waals surface area contributed by atoms with E-state index in [4.69, 9.17) is 0 Å². The molecule has 0 saturated heterocycles. The van der Waals surface area contributed by atoms with Gasteiger partial charge in [0, 0.05) is 20.1 Å². The molecule has 0 bridgehead atoms. The van der Waals surface area contributed by atoms with Crippen LogP contribution in [0, 0.1) is 0 Å².